The molecular weight excluding hydrogens is 370 g/mol. The lowest BCUT2D eigenvalue weighted by Gasteiger charge is -2.23. The molecule has 0 spiro atoms. The lowest BCUT2D eigenvalue weighted by Crippen LogP contribution is -2.21. The molecule has 0 bridgehead atoms. The van der Waals surface area contributed by atoms with Gasteiger partial charge in [0.15, 0.2) is 0 Å². The van der Waals surface area contributed by atoms with Crippen molar-refractivity contribution in [1.82, 2.24) is 0 Å². The Bertz CT molecular complexity index is 801. The van der Waals surface area contributed by atoms with Gasteiger partial charge in [0.2, 0.25) is 5.91 Å². The second-order valence-corrected chi connectivity index (χ2v) is 8.14. The van der Waals surface area contributed by atoms with Crippen molar-refractivity contribution in [2.24, 2.45) is 0 Å². The highest BCUT2D eigenvalue weighted by Gasteiger charge is 2.31. The van der Waals surface area contributed by atoms with Crippen molar-refractivity contribution < 1.29 is 14.3 Å². The highest BCUT2D eigenvalue weighted by molar-refractivity contribution is 7.17. The minimum atomic E-state index is -0.666. The van der Waals surface area contributed by atoms with E-state index in [9.17, 15) is 9.59 Å². The SMILES string of the molecule is CCOC(=O)c1c(NC(=O)[C@@H](C)Cl)sc2c1CC[C@H](c1ccccc1)C2. The number of hydrogen-bond acceptors (Lipinski definition) is 4. The number of fused-ring (bicyclic) bond motifs is 1. The molecule has 1 aromatic heterocycles. The summed E-state index contributed by atoms with van der Waals surface area (Å²) >= 11 is 7.35. The van der Waals surface area contributed by atoms with Gasteiger partial charge < -0.3 is 10.1 Å². The van der Waals surface area contributed by atoms with Crippen LogP contribution in [0.2, 0.25) is 0 Å². The monoisotopic (exact) mass is 391 g/mol. The van der Waals surface area contributed by atoms with Crippen molar-refractivity contribution in [2.45, 2.75) is 44.4 Å². The fourth-order valence-electron chi connectivity index (χ4n) is 3.31. The van der Waals surface area contributed by atoms with E-state index in [1.165, 1.54) is 16.9 Å². The molecule has 1 aliphatic carbocycles. The van der Waals surface area contributed by atoms with Gasteiger partial charge in [-0.15, -0.1) is 22.9 Å². The summed E-state index contributed by atoms with van der Waals surface area (Å²) in [7, 11) is 0. The number of nitrogens with one attached hydrogen (secondary N) is 1. The first-order chi connectivity index (χ1) is 12.5. The fourth-order valence-corrected chi connectivity index (χ4v) is 4.69. The third-order valence-corrected chi connectivity index (χ3v) is 5.98. The summed E-state index contributed by atoms with van der Waals surface area (Å²) in [6, 6.07) is 10.4. The minimum absolute atomic E-state index is 0.301. The van der Waals surface area contributed by atoms with Crippen molar-refractivity contribution in [3.05, 3.63) is 51.9 Å². The zero-order valence-electron chi connectivity index (χ0n) is 14.9. The van der Waals surface area contributed by atoms with Crippen LogP contribution in [0.4, 0.5) is 5.00 Å². The Morgan fingerprint density at radius 1 is 1.35 bits per heavy atom. The van der Waals surface area contributed by atoms with Gasteiger partial charge in [-0.3, -0.25) is 4.79 Å². The number of rotatable bonds is 5. The smallest absolute Gasteiger partial charge is 0.341 e. The lowest BCUT2D eigenvalue weighted by atomic mass is 9.83. The zero-order valence-corrected chi connectivity index (χ0v) is 16.5. The molecule has 0 aliphatic heterocycles. The van der Waals surface area contributed by atoms with Crippen LogP contribution < -0.4 is 5.32 Å². The predicted molar refractivity (Wildman–Crippen MR) is 105 cm³/mol. The summed E-state index contributed by atoms with van der Waals surface area (Å²) < 4.78 is 5.23. The Hall–Kier alpha value is -1.85. The standard InChI is InChI=1S/C20H22ClNO3S/c1-3-25-20(24)17-15-10-9-14(13-7-5-4-6-8-13)11-16(15)26-19(17)22-18(23)12(2)21/h4-8,12,14H,3,9-11H2,1-2H3,(H,22,23)/t12-,14+/m1/s1. The van der Waals surface area contributed by atoms with Crippen LogP contribution in [0.15, 0.2) is 30.3 Å². The molecule has 6 heteroatoms. The number of hydrogen-bond donors (Lipinski definition) is 1. The third kappa shape index (κ3) is 3.94. The van der Waals surface area contributed by atoms with Gasteiger partial charge in [0.05, 0.1) is 12.2 Å². The number of carbonyl (C=O) groups excluding carboxylic acids is 2. The van der Waals surface area contributed by atoms with Crippen molar-refractivity contribution in [3.63, 3.8) is 0 Å². The minimum Gasteiger partial charge on any atom is -0.462 e. The van der Waals surface area contributed by atoms with Crippen molar-refractivity contribution in [1.29, 1.82) is 0 Å². The zero-order chi connectivity index (χ0) is 18.7. The van der Waals surface area contributed by atoms with E-state index in [0.29, 0.717) is 23.1 Å². The molecule has 1 heterocycles. The number of amides is 1. The average Bonchev–Trinajstić information content (AvgIpc) is 2.99. The molecule has 1 aliphatic rings. The van der Waals surface area contributed by atoms with Crippen molar-refractivity contribution in [2.75, 3.05) is 11.9 Å². The van der Waals surface area contributed by atoms with E-state index in [0.717, 1.165) is 29.7 Å². The fraction of sp³-hybridized carbons (Fsp3) is 0.400. The Kier molecular flexibility index (Phi) is 5.99. The largest absolute Gasteiger partial charge is 0.462 e. The van der Waals surface area contributed by atoms with Gasteiger partial charge in [-0.25, -0.2) is 4.79 Å². The number of esters is 1. The molecule has 2 aromatic rings. The topological polar surface area (TPSA) is 55.4 Å². The van der Waals surface area contributed by atoms with Gasteiger partial charge in [-0.2, -0.15) is 0 Å². The maximum absolute atomic E-state index is 12.5. The van der Waals surface area contributed by atoms with Crippen molar-refractivity contribution in [3.8, 4) is 0 Å². The molecule has 1 N–H and O–H groups in total. The molecule has 0 saturated heterocycles. The second kappa shape index (κ2) is 8.23. The predicted octanol–water partition coefficient (Wildman–Crippen LogP) is 4.76. The van der Waals surface area contributed by atoms with E-state index in [1.54, 1.807) is 13.8 Å². The van der Waals surface area contributed by atoms with Gasteiger partial charge >= 0.3 is 5.97 Å². The van der Waals surface area contributed by atoms with E-state index >= 15 is 0 Å². The van der Waals surface area contributed by atoms with Crippen LogP contribution in [0.3, 0.4) is 0 Å². The number of alkyl halides is 1. The molecule has 0 radical (unpaired) electrons. The van der Waals surface area contributed by atoms with E-state index in [-0.39, 0.29) is 11.9 Å². The van der Waals surface area contributed by atoms with Gasteiger partial charge in [-0.05, 0) is 50.2 Å². The normalized spacial score (nSPS) is 17.3. The summed E-state index contributed by atoms with van der Waals surface area (Å²) in [6.45, 7) is 3.69. The molecule has 0 fully saturated rings. The van der Waals surface area contributed by atoms with E-state index in [1.807, 2.05) is 6.07 Å². The van der Waals surface area contributed by atoms with Crippen LogP contribution in [-0.2, 0) is 22.4 Å². The van der Waals surface area contributed by atoms with Crippen LogP contribution in [-0.4, -0.2) is 23.9 Å². The molecule has 3 rings (SSSR count). The average molecular weight is 392 g/mol. The first kappa shape index (κ1) is 18.9. The number of anilines is 1. The molecule has 0 saturated carbocycles. The molecule has 1 amide bonds. The second-order valence-electron chi connectivity index (χ2n) is 6.38. The summed E-state index contributed by atoms with van der Waals surface area (Å²) in [5.41, 5.74) is 2.83. The molecule has 4 nitrogen and oxygen atoms in total. The molecule has 138 valence electrons. The van der Waals surface area contributed by atoms with Crippen molar-refractivity contribution >= 4 is 39.8 Å². The molecule has 1 aromatic carbocycles. The summed E-state index contributed by atoms with van der Waals surface area (Å²) in [5.74, 6) is -0.260. The molecule has 2 atom stereocenters. The maximum Gasteiger partial charge on any atom is 0.341 e. The number of halogens is 1. The van der Waals surface area contributed by atoms with Crippen LogP contribution in [0.25, 0.3) is 0 Å². The van der Waals surface area contributed by atoms with Gasteiger partial charge in [0, 0.05) is 4.88 Å². The Morgan fingerprint density at radius 2 is 2.08 bits per heavy atom. The van der Waals surface area contributed by atoms with Gasteiger partial charge in [0.25, 0.3) is 0 Å². The first-order valence-corrected chi connectivity index (χ1v) is 10.1. The molecule has 0 unspecified atom stereocenters. The highest BCUT2D eigenvalue weighted by Crippen LogP contribution is 2.42. The Morgan fingerprint density at radius 3 is 2.73 bits per heavy atom. The Balaban J connectivity index is 1.93. The van der Waals surface area contributed by atoms with E-state index in [2.05, 4.69) is 29.6 Å². The number of carbonyl (C=O) groups is 2. The number of ether oxygens (including phenoxy) is 1. The summed E-state index contributed by atoms with van der Waals surface area (Å²) in [6.07, 6.45) is 2.63. The maximum atomic E-state index is 12.5. The summed E-state index contributed by atoms with van der Waals surface area (Å²) in [4.78, 5) is 25.7. The van der Waals surface area contributed by atoms with E-state index in [4.69, 9.17) is 16.3 Å². The van der Waals surface area contributed by atoms with Gasteiger partial charge in [0.1, 0.15) is 10.4 Å². The lowest BCUT2D eigenvalue weighted by molar-refractivity contribution is -0.115. The molecule has 26 heavy (non-hydrogen) atoms. The van der Waals surface area contributed by atoms with Gasteiger partial charge in [-0.1, -0.05) is 30.3 Å². The van der Waals surface area contributed by atoms with Crippen LogP contribution in [0.5, 0.6) is 0 Å². The van der Waals surface area contributed by atoms with Crippen LogP contribution in [0.1, 0.15) is 52.5 Å². The molecular formula is C20H22ClNO3S. The number of thiophene rings is 1. The van der Waals surface area contributed by atoms with Crippen LogP contribution >= 0.6 is 22.9 Å². The van der Waals surface area contributed by atoms with Crippen LogP contribution in [0, 0.1) is 0 Å². The third-order valence-electron chi connectivity index (χ3n) is 4.61. The highest BCUT2D eigenvalue weighted by atomic mass is 35.5. The summed E-state index contributed by atoms with van der Waals surface area (Å²) in [5, 5.41) is 2.70. The Labute approximate surface area is 162 Å². The number of benzene rings is 1. The van der Waals surface area contributed by atoms with E-state index < -0.39 is 5.38 Å². The quantitative estimate of drug-likeness (QED) is 0.590. The first-order valence-electron chi connectivity index (χ1n) is 8.82.